The first kappa shape index (κ1) is 16.1. The molecule has 1 aromatic rings. The van der Waals surface area contributed by atoms with Crippen LogP contribution in [0.25, 0.3) is 0 Å². The van der Waals surface area contributed by atoms with Gasteiger partial charge in [-0.15, -0.1) is 11.3 Å². The predicted molar refractivity (Wildman–Crippen MR) is 80.5 cm³/mol. The van der Waals surface area contributed by atoms with Crippen molar-refractivity contribution in [3.8, 4) is 0 Å². The smallest absolute Gasteiger partial charge is 0.221 e. The summed E-state index contributed by atoms with van der Waals surface area (Å²) in [6.45, 7) is 11.8. The summed E-state index contributed by atoms with van der Waals surface area (Å²) in [7, 11) is 0. The Hall–Kier alpha value is -0.940. The molecule has 0 saturated carbocycles. The van der Waals surface area contributed by atoms with Gasteiger partial charge < -0.3 is 10.6 Å². The Morgan fingerprint density at radius 3 is 2.53 bits per heavy atom. The summed E-state index contributed by atoms with van der Waals surface area (Å²) in [6, 6.07) is 0.197. The molecular formula is C14H25N3OS. The van der Waals surface area contributed by atoms with Crippen LogP contribution >= 0.6 is 11.3 Å². The van der Waals surface area contributed by atoms with Crippen molar-refractivity contribution < 1.29 is 4.79 Å². The molecule has 0 fully saturated rings. The van der Waals surface area contributed by atoms with Gasteiger partial charge in [0.15, 0.2) is 0 Å². The molecule has 0 aromatic carbocycles. The van der Waals surface area contributed by atoms with Crippen molar-refractivity contribution in [1.82, 2.24) is 15.6 Å². The Bertz CT molecular complexity index is 415. The average Bonchev–Trinajstić information content (AvgIpc) is 2.65. The van der Waals surface area contributed by atoms with Crippen molar-refractivity contribution in [2.75, 3.05) is 13.1 Å². The predicted octanol–water partition coefficient (Wildman–Crippen LogP) is 2.57. The highest BCUT2D eigenvalue weighted by Gasteiger charge is 2.12. The Balaban J connectivity index is 2.29. The second-order valence-electron chi connectivity index (χ2n) is 5.30. The lowest BCUT2D eigenvalue weighted by molar-refractivity contribution is -0.121. The van der Waals surface area contributed by atoms with Crippen LogP contribution in [0.3, 0.4) is 0 Å². The third kappa shape index (κ3) is 5.70. The zero-order chi connectivity index (χ0) is 14.4. The van der Waals surface area contributed by atoms with Crippen LogP contribution in [0.1, 0.15) is 48.8 Å². The lowest BCUT2D eigenvalue weighted by atomic mass is 10.2. The molecular weight excluding hydrogens is 258 g/mol. The normalized spacial score (nSPS) is 12.7. The lowest BCUT2D eigenvalue weighted by Gasteiger charge is -2.13. The van der Waals surface area contributed by atoms with Gasteiger partial charge >= 0.3 is 0 Å². The fraction of sp³-hybridized carbons (Fsp3) is 0.714. The largest absolute Gasteiger partial charge is 0.356 e. The zero-order valence-electron chi connectivity index (χ0n) is 12.5. The maximum atomic E-state index is 11.6. The van der Waals surface area contributed by atoms with Gasteiger partial charge in [-0.25, -0.2) is 4.98 Å². The van der Waals surface area contributed by atoms with Crippen LogP contribution in [0, 0.1) is 19.8 Å². The molecule has 0 aliphatic rings. The van der Waals surface area contributed by atoms with E-state index in [0.717, 1.165) is 17.2 Å². The molecule has 0 bridgehead atoms. The number of hydrogen-bond donors (Lipinski definition) is 2. The fourth-order valence-electron chi connectivity index (χ4n) is 1.85. The Kier molecular flexibility index (Phi) is 6.45. The first-order valence-corrected chi connectivity index (χ1v) is 7.65. The highest BCUT2D eigenvalue weighted by Crippen LogP contribution is 2.22. The van der Waals surface area contributed by atoms with Crippen LogP contribution in [-0.4, -0.2) is 24.0 Å². The molecule has 5 heteroatoms. The minimum atomic E-state index is 0.111. The first-order valence-electron chi connectivity index (χ1n) is 6.84. The third-order valence-electron chi connectivity index (χ3n) is 2.86. The van der Waals surface area contributed by atoms with E-state index in [1.807, 2.05) is 6.92 Å². The number of amides is 1. The van der Waals surface area contributed by atoms with Gasteiger partial charge in [-0.3, -0.25) is 4.79 Å². The molecule has 1 amide bonds. The van der Waals surface area contributed by atoms with E-state index in [1.165, 1.54) is 4.88 Å². The van der Waals surface area contributed by atoms with Crippen molar-refractivity contribution in [1.29, 1.82) is 0 Å². The summed E-state index contributed by atoms with van der Waals surface area (Å²) >= 11 is 1.72. The number of aryl methyl sites for hydroxylation is 2. The van der Waals surface area contributed by atoms with E-state index >= 15 is 0 Å². The monoisotopic (exact) mass is 283 g/mol. The fourth-order valence-corrected chi connectivity index (χ4v) is 2.77. The van der Waals surface area contributed by atoms with Gasteiger partial charge in [-0.2, -0.15) is 0 Å². The van der Waals surface area contributed by atoms with Gasteiger partial charge in [0.25, 0.3) is 0 Å². The number of carbonyl (C=O) groups excluding carboxylic acids is 1. The minimum Gasteiger partial charge on any atom is -0.356 e. The zero-order valence-corrected chi connectivity index (χ0v) is 13.4. The number of rotatable bonds is 7. The molecule has 1 unspecified atom stereocenters. The van der Waals surface area contributed by atoms with Gasteiger partial charge in [0.1, 0.15) is 0 Å². The number of nitrogens with one attached hydrogen (secondary N) is 2. The van der Waals surface area contributed by atoms with Crippen LogP contribution in [0.5, 0.6) is 0 Å². The average molecular weight is 283 g/mol. The number of hydrogen-bond acceptors (Lipinski definition) is 4. The van der Waals surface area contributed by atoms with Crippen molar-refractivity contribution in [3.05, 3.63) is 15.6 Å². The van der Waals surface area contributed by atoms with Crippen LogP contribution in [0.4, 0.5) is 0 Å². The standard InChI is InChI=1S/C14H25N3OS/c1-9(2)8-16-13(18)6-7-15-10(3)14-11(4)19-12(5)17-14/h9-10,15H,6-8H2,1-5H3,(H,16,18). The topological polar surface area (TPSA) is 54.0 Å². The molecule has 0 saturated heterocycles. The highest BCUT2D eigenvalue weighted by molar-refractivity contribution is 7.11. The van der Waals surface area contributed by atoms with Crippen LogP contribution in [0.15, 0.2) is 0 Å². The Morgan fingerprint density at radius 1 is 1.32 bits per heavy atom. The van der Waals surface area contributed by atoms with Crippen molar-refractivity contribution in [2.45, 2.75) is 47.1 Å². The van der Waals surface area contributed by atoms with Crippen molar-refractivity contribution >= 4 is 17.2 Å². The van der Waals surface area contributed by atoms with Gasteiger partial charge in [-0.05, 0) is 26.7 Å². The van der Waals surface area contributed by atoms with Crippen LogP contribution in [0.2, 0.25) is 0 Å². The van der Waals surface area contributed by atoms with Crippen LogP contribution < -0.4 is 10.6 Å². The second-order valence-corrected chi connectivity index (χ2v) is 6.71. The van der Waals surface area contributed by atoms with E-state index in [9.17, 15) is 4.79 Å². The van der Waals surface area contributed by atoms with Gasteiger partial charge in [0.05, 0.1) is 10.7 Å². The maximum absolute atomic E-state index is 11.6. The molecule has 1 rings (SSSR count). The maximum Gasteiger partial charge on any atom is 0.221 e. The summed E-state index contributed by atoms with van der Waals surface area (Å²) in [4.78, 5) is 17.3. The van der Waals surface area contributed by atoms with Crippen LogP contribution in [-0.2, 0) is 4.79 Å². The van der Waals surface area contributed by atoms with Crippen molar-refractivity contribution in [2.24, 2.45) is 5.92 Å². The molecule has 1 aromatic heterocycles. The lowest BCUT2D eigenvalue weighted by Crippen LogP contribution is -2.31. The molecule has 1 atom stereocenters. The number of thiazole rings is 1. The molecule has 108 valence electrons. The summed E-state index contributed by atoms with van der Waals surface area (Å²) in [5.41, 5.74) is 1.10. The van der Waals surface area contributed by atoms with Gasteiger partial charge in [0.2, 0.25) is 5.91 Å². The minimum absolute atomic E-state index is 0.111. The van der Waals surface area contributed by atoms with E-state index in [1.54, 1.807) is 11.3 Å². The summed E-state index contributed by atoms with van der Waals surface area (Å²) < 4.78 is 0. The van der Waals surface area contributed by atoms with E-state index in [-0.39, 0.29) is 11.9 Å². The van der Waals surface area contributed by atoms with E-state index in [4.69, 9.17) is 0 Å². The SMILES string of the molecule is Cc1nc(C(C)NCCC(=O)NCC(C)C)c(C)s1. The molecule has 1 heterocycles. The molecule has 0 spiro atoms. The third-order valence-corrected chi connectivity index (χ3v) is 3.76. The van der Waals surface area contributed by atoms with Gasteiger partial charge in [0, 0.05) is 30.4 Å². The molecule has 19 heavy (non-hydrogen) atoms. The Labute approximate surface area is 120 Å². The molecule has 4 nitrogen and oxygen atoms in total. The molecule has 2 N–H and O–H groups in total. The number of carbonyl (C=O) groups is 1. The van der Waals surface area contributed by atoms with Gasteiger partial charge in [-0.1, -0.05) is 13.8 Å². The van der Waals surface area contributed by atoms with E-state index in [0.29, 0.717) is 18.9 Å². The highest BCUT2D eigenvalue weighted by atomic mass is 32.1. The quantitative estimate of drug-likeness (QED) is 0.808. The second kappa shape index (κ2) is 7.60. The summed E-state index contributed by atoms with van der Waals surface area (Å²) in [6.07, 6.45) is 0.513. The number of aromatic nitrogens is 1. The summed E-state index contributed by atoms with van der Waals surface area (Å²) in [5, 5.41) is 7.37. The van der Waals surface area contributed by atoms with E-state index < -0.39 is 0 Å². The number of nitrogens with zero attached hydrogens (tertiary/aromatic N) is 1. The summed E-state index contributed by atoms with van der Waals surface area (Å²) in [5.74, 6) is 0.607. The van der Waals surface area contributed by atoms with Crippen molar-refractivity contribution in [3.63, 3.8) is 0 Å². The Morgan fingerprint density at radius 2 is 2.00 bits per heavy atom. The molecule has 0 aliphatic heterocycles. The first-order chi connectivity index (χ1) is 8.90. The van der Waals surface area contributed by atoms with E-state index in [2.05, 4.69) is 43.3 Å². The molecule has 0 radical (unpaired) electrons. The molecule has 0 aliphatic carbocycles.